The van der Waals surface area contributed by atoms with Crippen LogP contribution in [-0.2, 0) is 4.74 Å². The van der Waals surface area contributed by atoms with Crippen LogP contribution in [-0.4, -0.2) is 12.5 Å². The van der Waals surface area contributed by atoms with Crippen molar-refractivity contribution in [3.8, 4) is 0 Å². The van der Waals surface area contributed by atoms with Gasteiger partial charge in [-0.2, -0.15) is 0 Å². The van der Waals surface area contributed by atoms with E-state index >= 15 is 0 Å². The summed E-state index contributed by atoms with van der Waals surface area (Å²) in [6, 6.07) is 18.0. The van der Waals surface area contributed by atoms with E-state index in [2.05, 4.69) is 18.2 Å². The summed E-state index contributed by atoms with van der Waals surface area (Å²) in [7, 11) is 0. The fourth-order valence-corrected chi connectivity index (χ4v) is 1.87. The topological polar surface area (TPSA) is 33.1 Å². The van der Waals surface area contributed by atoms with E-state index in [4.69, 9.17) is 10.1 Å². The van der Waals surface area contributed by atoms with Crippen molar-refractivity contribution >= 4 is 18.0 Å². The lowest BCUT2D eigenvalue weighted by atomic mass is 10.1. The molecule has 0 amide bonds. The van der Waals surface area contributed by atoms with E-state index < -0.39 is 0 Å². The smallest absolute Gasteiger partial charge is 0.213 e. The summed E-state index contributed by atoms with van der Waals surface area (Å²) >= 11 is 0. The molecule has 0 aliphatic rings. The van der Waals surface area contributed by atoms with E-state index in [1.54, 1.807) is 0 Å². The van der Waals surface area contributed by atoms with Crippen molar-refractivity contribution in [3.63, 3.8) is 0 Å². The monoisotopic (exact) mass is 277 g/mol. The molecule has 0 saturated heterocycles. The second-order valence-corrected chi connectivity index (χ2v) is 4.51. The molecule has 2 aromatic rings. The van der Waals surface area contributed by atoms with Crippen molar-refractivity contribution in [3.05, 3.63) is 83.4 Å². The summed E-state index contributed by atoms with van der Waals surface area (Å²) in [4.78, 5) is 0. The van der Waals surface area contributed by atoms with Gasteiger partial charge in [0, 0.05) is 5.56 Å². The van der Waals surface area contributed by atoms with Gasteiger partial charge in [0.05, 0.1) is 6.61 Å². The number of rotatable bonds is 5. The summed E-state index contributed by atoms with van der Waals surface area (Å²) in [6.45, 7) is 2.40. The third kappa shape index (κ3) is 4.77. The highest BCUT2D eigenvalue weighted by molar-refractivity contribution is 5.91. The van der Waals surface area contributed by atoms with Crippen LogP contribution in [0.3, 0.4) is 0 Å². The Morgan fingerprint density at radius 1 is 0.905 bits per heavy atom. The molecular formula is C19H19NO. The summed E-state index contributed by atoms with van der Waals surface area (Å²) in [6.07, 6.45) is 8.13. The predicted octanol–water partition coefficient (Wildman–Crippen LogP) is 4.78. The number of nitrogens with one attached hydrogen (secondary N) is 1. The van der Waals surface area contributed by atoms with Crippen LogP contribution in [0.4, 0.5) is 0 Å². The fraction of sp³-hybridized carbons (Fsp3) is 0.105. The second kappa shape index (κ2) is 7.85. The third-order valence-corrected chi connectivity index (χ3v) is 2.95. The Bertz CT molecular complexity index is 624. The van der Waals surface area contributed by atoms with Crippen molar-refractivity contribution in [2.24, 2.45) is 0 Å². The fourth-order valence-electron chi connectivity index (χ4n) is 1.87. The van der Waals surface area contributed by atoms with Gasteiger partial charge in [-0.3, -0.25) is 5.41 Å². The number of ether oxygens (including phenoxy) is 1. The van der Waals surface area contributed by atoms with E-state index in [-0.39, 0.29) is 5.90 Å². The number of hydrogen-bond acceptors (Lipinski definition) is 2. The third-order valence-electron chi connectivity index (χ3n) is 2.95. The summed E-state index contributed by atoms with van der Waals surface area (Å²) in [5.41, 5.74) is 3.08. The Morgan fingerprint density at radius 3 is 2.05 bits per heavy atom. The number of benzene rings is 2. The summed E-state index contributed by atoms with van der Waals surface area (Å²) < 4.78 is 5.17. The Morgan fingerprint density at radius 2 is 1.48 bits per heavy atom. The molecule has 2 nitrogen and oxygen atoms in total. The number of allylic oxidation sites excluding steroid dienone is 2. The minimum Gasteiger partial charge on any atom is -0.478 e. The van der Waals surface area contributed by atoms with Gasteiger partial charge in [0.1, 0.15) is 0 Å². The Kier molecular flexibility index (Phi) is 5.53. The molecule has 2 rings (SSSR count). The van der Waals surface area contributed by atoms with Crippen LogP contribution in [0.15, 0.2) is 66.7 Å². The van der Waals surface area contributed by atoms with Crippen molar-refractivity contribution in [2.45, 2.75) is 6.92 Å². The zero-order valence-corrected chi connectivity index (χ0v) is 12.1. The zero-order valence-electron chi connectivity index (χ0n) is 12.1. The summed E-state index contributed by atoms with van der Waals surface area (Å²) in [5, 5.41) is 7.71. The van der Waals surface area contributed by atoms with E-state index in [1.165, 1.54) is 5.56 Å². The average Bonchev–Trinajstić information content (AvgIpc) is 2.53. The minimum atomic E-state index is 0.219. The lowest BCUT2D eigenvalue weighted by Gasteiger charge is -2.04. The van der Waals surface area contributed by atoms with Gasteiger partial charge in [-0.15, -0.1) is 0 Å². The maximum absolute atomic E-state index is 7.71. The normalized spacial score (nSPS) is 11.1. The highest BCUT2D eigenvalue weighted by atomic mass is 16.5. The molecule has 0 radical (unpaired) electrons. The molecule has 0 unspecified atom stereocenters. The van der Waals surface area contributed by atoms with Gasteiger partial charge < -0.3 is 4.74 Å². The molecule has 0 saturated carbocycles. The van der Waals surface area contributed by atoms with Gasteiger partial charge in [-0.25, -0.2) is 0 Å². The molecule has 1 N–H and O–H groups in total. The van der Waals surface area contributed by atoms with Crippen LogP contribution in [0.5, 0.6) is 0 Å². The van der Waals surface area contributed by atoms with Crippen LogP contribution in [0.2, 0.25) is 0 Å². The minimum absolute atomic E-state index is 0.219. The molecule has 0 atom stereocenters. The molecule has 0 aromatic heterocycles. The standard InChI is InChI=1S/C19H19NO/c1-2-21-19(20)18-14-12-17(13-15-18)11-7-6-10-16-8-4-3-5-9-16/h3-15,20H,2H2,1H3. The Balaban J connectivity index is 1.95. The average molecular weight is 277 g/mol. The van der Waals surface area contributed by atoms with E-state index in [9.17, 15) is 0 Å². The van der Waals surface area contributed by atoms with Crippen LogP contribution in [0, 0.1) is 5.41 Å². The van der Waals surface area contributed by atoms with Crippen molar-refractivity contribution in [1.29, 1.82) is 5.41 Å². The van der Waals surface area contributed by atoms with Crippen molar-refractivity contribution in [2.75, 3.05) is 6.61 Å². The predicted molar refractivity (Wildman–Crippen MR) is 89.4 cm³/mol. The Hall–Kier alpha value is -2.61. The van der Waals surface area contributed by atoms with Crippen LogP contribution < -0.4 is 0 Å². The van der Waals surface area contributed by atoms with Crippen molar-refractivity contribution < 1.29 is 4.74 Å². The molecule has 0 heterocycles. The zero-order chi connectivity index (χ0) is 14.9. The molecule has 0 bridgehead atoms. The quantitative estimate of drug-likeness (QED) is 0.476. The summed E-state index contributed by atoms with van der Waals surface area (Å²) in [5.74, 6) is 0.219. The first-order chi connectivity index (χ1) is 10.3. The Labute approximate surface area is 125 Å². The van der Waals surface area contributed by atoms with E-state index in [1.807, 2.05) is 67.6 Å². The second-order valence-electron chi connectivity index (χ2n) is 4.51. The van der Waals surface area contributed by atoms with Gasteiger partial charge in [0.25, 0.3) is 0 Å². The van der Waals surface area contributed by atoms with Gasteiger partial charge in [-0.1, -0.05) is 66.8 Å². The van der Waals surface area contributed by atoms with Gasteiger partial charge >= 0.3 is 0 Å². The van der Waals surface area contributed by atoms with Crippen LogP contribution in [0.1, 0.15) is 23.6 Å². The molecular weight excluding hydrogens is 258 g/mol. The highest BCUT2D eigenvalue weighted by Crippen LogP contribution is 2.08. The first-order valence-electron chi connectivity index (χ1n) is 7.01. The van der Waals surface area contributed by atoms with E-state index in [0.717, 1.165) is 11.1 Å². The van der Waals surface area contributed by atoms with Gasteiger partial charge in [0.15, 0.2) is 0 Å². The molecule has 2 aromatic carbocycles. The largest absolute Gasteiger partial charge is 0.478 e. The van der Waals surface area contributed by atoms with Gasteiger partial charge in [-0.05, 0) is 30.2 Å². The molecule has 21 heavy (non-hydrogen) atoms. The SMILES string of the molecule is CCOC(=N)c1ccc(C=CC=Cc2ccccc2)cc1. The lowest BCUT2D eigenvalue weighted by Crippen LogP contribution is -2.04. The van der Waals surface area contributed by atoms with Crippen LogP contribution in [0.25, 0.3) is 12.2 Å². The molecule has 0 aliphatic heterocycles. The first kappa shape index (κ1) is 14.8. The molecule has 0 spiro atoms. The number of hydrogen-bond donors (Lipinski definition) is 1. The molecule has 2 heteroatoms. The lowest BCUT2D eigenvalue weighted by molar-refractivity contribution is 0.325. The maximum Gasteiger partial charge on any atom is 0.213 e. The highest BCUT2D eigenvalue weighted by Gasteiger charge is 1.99. The molecule has 106 valence electrons. The van der Waals surface area contributed by atoms with Crippen molar-refractivity contribution in [1.82, 2.24) is 0 Å². The maximum atomic E-state index is 7.71. The molecule has 0 aliphatic carbocycles. The van der Waals surface area contributed by atoms with Gasteiger partial charge in [0.2, 0.25) is 5.90 Å². The van der Waals surface area contributed by atoms with Crippen LogP contribution >= 0.6 is 0 Å². The molecule has 0 fully saturated rings. The first-order valence-corrected chi connectivity index (χ1v) is 7.01. The van der Waals surface area contributed by atoms with E-state index in [0.29, 0.717) is 6.61 Å².